The van der Waals surface area contributed by atoms with Gasteiger partial charge in [-0.3, -0.25) is 4.79 Å². The van der Waals surface area contributed by atoms with Crippen LogP contribution in [0.15, 0.2) is 28.2 Å². The highest BCUT2D eigenvalue weighted by Crippen LogP contribution is 2.35. The van der Waals surface area contributed by atoms with Crippen LogP contribution in [0.1, 0.15) is 22.3 Å². The molecule has 0 amide bonds. The Bertz CT molecular complexity index is 586. The molecule has 16 heavy (non-hydrogen) atoms. The Morgan fingerprint density at radius 1 is 1.25 bits per heavy atom. The average Bonchev–Trinajstić information content (AvgIpc) is 2.58. The van der Waals surface area contributed by atoms with Crippen LogP contribution in [0.3, 0.4) is 0 Å². The monoisotopic (exact) mass is 272 g/mol. The largest absolute Gasteiger partial charge is 0.294 e. The molecule has 0 saturated carbocycles. The van der Waals surface area contributed by atoms with Crippen LogP contribution in [0.4, 0.5) is 0 Å². The normalized spacial score (nSPS) is 12.9. The van der Waals surface area contributed by atoms with Crippen molar-refractivity contribution in [3.63, 3.8) is 0 Å². The van der Waals surface area contributed by atoms with Gasteiger partial charge in [0.25, 0.3) is 0 Å². The van der Waals surface area contributed by atoms with Gasteiger partial charge >= 0.3 is 0 Å². The van der Waals surface area contributed by atoms with Crippen LogP contribution in [0.2, 0.25) is 0 Å². The number of fused-ring (bicyclic) bond motifs is 1. The van der Waals surface area contributed by atoms with E-state index in [1.54, 1.807) is 18.2 Å². The first-order valence-electron chi connectivity index (χ1n) is 4.54. The second-order valence-electron chi connectivity index (χ2n) is 3.37. The fraction of sp³-hybridized carbons (Fsp3) is 0.0833. The van der Waals surface area contributed by atoms with E-state index in [4.69, 9.17) is 10.5 Å². The van der Waals surface area contributed by atoms with Gasteiger partial charge in [0.05, 0.1) is 0 Å². The number of carbonyl (C=O) groups excluding carboxylic acids is 1. The third kappa shape index (κ3) is 1.54. The highest BCUT2D eigenvalue weighted by molar-refractivity contribution is 9.10. The van der Waals surface area contributed by atoms with Gasteiger partial charge in [0.2, 0.25) is 0 Å². The van der Waals surface area contributed by atoms with Crippen LogP contribution >= 0.6 is 15.9 Å². The zero-order valence-corrected chi connectivity index (χ0v) is 9.71. The predicted octanol–water partition coefficient (Wildman–Crippen LogP) is 2.84. The molecule has 0 aliphatic heterocycles. The van der Waals surface area contributed by atoms with Gasteiger partial charge in [-0.05, 0) is 29.3 Å². The van der Waals surface area contributed by atoms with E-state index >= 15 is 0 Å². The second-order valence-corrected chi connectivity index (χ2v) is 4.28. The smallest absolute Gasteiger partial charge is 0.167 e. The average molecular weight is 273 g/mol. The molecule has 0 fully saturated rings. The number of allylic oxidation sites excluding steroid dienone is 2. The first-order valence-corrected chi connectivity index (χ1v) is 5.33. The molecule has 0 N–H and O–H groups in total. The molecular formula is C12H5BrN2O. The van der Waals surface area contributed by atoms with E-state index in [-0.39, 0.29) is 17.8 Å². The maximum atomic E-state index is 11.7. The Hall–Kier alpha value is -1.91. The molecule has 1 aromatic carbocycles. The molecule has 76 valence electrons. The summed E-state index contributed by atoms with van der Waals surface area (Å²) in [6.07, 6.45) is 0.141. The molecule has 0 atom stereocenters. The summed E-state index contributed by atoms with van der Waals surface area (Å²) in [6.45, 7) is 0. The maximum Gasteiger partial charge on any atom is 0.167 e. The van der Waals surface area contributed by atoms with Crippen molar-refractivity contribution in [1.82, 2.24) is 0 Å². The molecule has 0 heterocycles. The number of hydrogen-bond acceptors (Lipinski definition) is 3. The number of nitriles is 2. The van der Waals surface area contributed by atoms with E-state index in [2.05, 4.69) is 15.9 Å². The van der Waals surface area contributed by atoms with Gasteiger partial charge in [-0.2, -0.15) is 10.5 Å². The van der Waals surface area contributed by atoms with Crippen LogP contribution < -0.4 is 0 Å². The molecule has 0 bridgehead atoms. The molecule has 0 spiro atoms. The Balaban J connectivity index is 2.74. The minimum absolute atomic E-state index is 0.0187. The topological polar surface area (TPSA) is 64.7 Å². The Kier molecular flexibility index (Phi) is 2.60. The lowest BCUT2D eigenvalue weighted by atomic mass is 10.0. The number of nitrogens with zero attached hydrogens (tertiary/aromatic N) is 2. The van der Waals surface area contributed by atoms with Crippen molar-refractivity contribution in [1.29, 1.82) is 10.5 Å². The van der Waals surface area contributed by atoms with E-state index in [0.717, 1.165) is 4.47 Å². The number of ketones is 1. The van der Waals surface area contributed by atoms with Gasteiger partial charge in [0, 0.05) is 16.5 Å². The third-order valence-electron chi connectivity index (χ3n) is 2.47. The van der Waals surface area contributed by atoms with Crippen molar-refractivity contribution >= 4 is 27.3 Å². The van der Waals surface area contributed by atoms with Gasteiger partial charge in [-0.1, -0.05) is 15.9 Å². The summed E-state index contributed by atoms with van der Waals surface area (Å²) in [5.41, 5.74) is 1.83. The standard InChI is InChI=1S/C12H5BrN2O/c13-8-1-2-9-11(3-8)10(4-12(9)16)7(5-14)6-15/h1-3H,4H2. The summed E-state index contributed by atoms with van der Waals surface area (Å²) in [6, 6.07) is 8.90. The van der Waals surface area contributed by atoms with Crippen molar-refractivity contribution in [2.75, 3.05) is 0 Å². The maximum absolute atomic E-state index is 11.7. The van der Waals surface area contributed by atoms with Crippen LogP contribution in [0, 0.1) is 22.7 Å². The highest BCUT2D eigenvalue weighted by Gasteiger charge is 2.26. The van der Waals surface area contributed by atoms with E-state index in [9.17, 15) is 4.79 Å². The summed E-state index contributed by atoms with van der Waals surface area (Å²) in [7, 11) is 0. The number of carbonyl (C=O) groups is 1. The molecule has 3 nitrogen and oxygen atoms in total. The zero-order valence-electron chi connectivity index (χ0n) is 8.12. The SMILES string of the molecule is N#CC(C#N)=C1CC(=O)c2ccc(Br)cc21. The van der Waals surface area contributed by atoms with Gasteiger partial charge in [-0.15, -0.1) is 0 Å². The number of benzene rings is 1. The van der Waals surface area contributed by atoms with Crippen molar-refractivity contribution in [2.45, 2.75) is 6.42 Å². The van der Waals surface area contributed by atoms with Crippen molar-refractivity contribution in [3.8, 4) is 12.1 Å². The summed E-state index contributed by atoms with van der Waals surface area (Å²) in [4.78, 5) is 11.7. The minimum atomic E-state index is -0.0412. The molecule has 0 aromatic heterocycles. The van der Waals surface area contributed by atoms with E-state index < -0.39 is 0 Å². The van der Waals surface area contributed by atoms with Gasteiger partial charge in [0.15, 0.2) is 5.78 Å². The van der Waals surface area contributed by atoms with Gasteiger partial charge < -0.3 is 0 Å². The van der Waals surface area contributed by atoms with E-state index in [1.807, 2.05) is 12.1 Å². The number of Topliss-reactive ketones (excluding diaryl/α,β-unsaturated/α-hetero) is 1. The fourth-order valence-corrected chi connectivity index (χ4v) is 2.10. The van der Waals surface area contributed by atoms with Gasteiger partial charge in [-0.25, -0.2) is 0 Å². The lowest BCUT2D eigenvalue weighted by Crippen LogP contribution is -1.89. The molecule has 4 heteroatoms. The lowest BCUT2D eigenvalue weighted by Gasteiger charge is -2.00. The molecule has 0 saturated heterocycles. The van der Waals surface area contributed by atoms with Gasteiger partial charge in [0.1, 0.15) is 17.7 Å². The molecule has 1 aliphatic rings. The predicted molar refractivity (Wildman–Crippen MR) is 61.2 cm³/mol. The zero-order chi connectivity index (χ0) is 11.7. The van der Waals surface area contributed by atoms with Crippen LogP contribution in [-0.4, -0.2) is 5.78 Å². The first kappa shape index (κ1) is 10.6. The van der Waals surface area contributed by atoms with Crippen molar-refractivity contribution in [2.24, 2.45) is 0 Å². The van der Waals surface area contributed by atoms with Crippen molar-refractivity contribution in [3.05, 3.63) is 39.4 Å². The molecule has 1 aliphatic carbocycles. The molecule has 1 aromatic rings. The highest BCUT2D eigenvalue weighted by atomic mass is 79.9. The molecule has 0 radical (unpaired) electrons. The Morgan fingerprint density at radius 2 is 1.94 bits per heavy atom. The third-order valence-corrected chi connectivity index (χ3v) is 2.96. The van der Waals surface area contributed by atoms with Crippen LogP contribution in [-0.2, 0) is 0 Å². The molecule has 0 unspecified atom stereocenters. The summed E-state index contributed by atoms with van der Waals surface area (Å²) in [5.74, 6) is -0.0412. The van der Waals surface area contributed by atoms with Crippen molar-refractivity contribution < 1.29 is 4.79 Å². The van der Waals surface area contributed by atoms with Crippen LogP contribution in [0.5, 0.6) is 0 Å². The number of rotatable bonds is 0. The Morgan fingerprint density at radius 3 is 2.56 bits per heavy atom. The van der Waals surface area contributed by atoms with E-state index in [1.165, 1.54) is 0 Å². The van der Waals surface area contributed by atoms with E-state index in [0.29, 0.717) is 16.7 Å². The Labute approximate surface area is 101 Å². The second kappa shape index (κ2) is 3.92. The lowest BCUT2D eigenvalue weighted by molar-refractivity contribution is 0.100. The summed E-state index contributed by atoms with van der Waals surface area (Å²) in [5, 5.41) is 17.6. The van der Waals surface area contributed by atoms with Crippen LogP contribution in [0.25, 0.3) is 5.57 Å². The minimum Gasteiger partial charge on any atom is -0.294 e. The fourth-order valence-electron chi connectivity index (χ4n) is 1.74. The quantitative estimate of drug-likeness (QED) is 0.682. The number of hydrogen-bond donors (Lipinski definition) is 0. The summed E-state index contributed by atoms with van der Waals surface area (Å²) >= 11 is 3.31. The molecule has 2 rings (SSSR count). The summed E-state index contributed by atoms with van der Waals surface area (Å²) < 4.78 is 0.827. The number of halogens is 1. The molecular weight excluding hydrogens is 268 g/mol. The first-order chi connectivity index (χ1) is 7.67.